The number of allylic oxidation sites excluding steroid dienone is 12. The molecule has 0 aliphatic carbocycles. The third-order valence-corrected chi connectivity index (χ3v) is 9.71. The minimum atomic E-state index is -0.885. The topological polar surface area (TPSA) is 99.1 Å². The van der Waals surface area contributed by atoms with Crippen molar-refractivity contribution in [1.82, 2.24) is 0 Å². The number of carboxylic acids is 1. The molecule has 0 fully saturated rings. The Kier molecular flexibility index (Phi) is 37.3. The van der Waals surface area contributed by atoms with Gasteiger partial charge in [-0.2, -0.15) is 0 Å². The first-order valence-electron chi connectivity index (χ1n) is 22.5. The summed E-state index contributed by atoms with van der Waals surface area (Å²) in [7, 11) is 5.50. The van der Waals surface area contributed by atoms with Crippen molar-refractivity contribution in [1.29, 1.82) is 0 Å². The second-order valence-electron chi connectivity index (χ2n) is 16.0. The quantitative estimate of drug-likeness (QED) is 0.0286. The molecular weight excluding hydrogens is 715 g/mol. The number of nitrogens with zero attached hydrogens (tertiary/aromatic N) is 1. The maximum absolute atomic E-state index is 12.7. The molecule has 2 atom stereocenters. The van der Waals surface area contributed by atoms with Gasteiger partial charge in [-0.15, -0.1) is 0 Å². The van der Waals surface area contributed by atoms with Crippen molar-refractivity contribution in [2.45, 2.75) is 180 Å². The zero-order valence-electron chi connectivity index (χ0n) is 37.0. The zero-order valence-corrected chi connectivity index (χ0v) is 37.0. The summed E-state index contributed by atoms with van der Waals surface area (Å²) in [5.74, 6) is -1.53. The molecule has 0 saturated heterocycles. The van der Waals surface area contributed by atoms with Gasteiger partial charge >= 0.3 is 17.9 Å². The third kappa shape index (κ3) is 38.1. The molecule has 0 amide bonds. The van der Waals surface area contributed by atoms with Crippen LogP contribution in [0.25, 0.3) is 0 Å². The molecule has 0 radical (unpaired) electrons. The lowest BCUT2D eigenvalue weighted by Crippen LogP contribution is -2.50. The van der Waals surface area contributed by atoms with Gasteiger partial charge in [-0.05, 0) is 57.8 Å². The summed E-state index contributed by atoms with van der Waals surface area (Å²) in [5, 5.41) is 9.62. The molecular formula is C49H84NO7+. The van der Waals surface area contributed by atoms with E-state index in [9.17, 15) is 19.5 Å². The molecule has 0 aromatic heterocycles. The lowest BCUT2D eigenvalue weighted by molar-refractivity contribution is -0.887. The van der Waals surface area contributed by atoms with Crippen molar-refractivity contribution in [3.8, 4) is 0 Å². The van der Waals surface area contributed by atoms with Gasteiger partial charge < -0.3 is 23.8 Å². The summed E-state index contributed by atoms with van der Waals surface area (Å²) in [4.78, 5) is 37.0. The fraction of sp³-hybridized carbons (Fsp3) is 0.694. The van der Waals surface area contributed by atoms with Crippen molar-refractivity contribution >= 4 is 17.9 Å². The van der Waals surface area contributed by atoms with Crippen molar-refractivity contribution in [2.75, 3.05) is 41.0 Å². The van der Waals surface area contributed by atoms with Crippen molar-refractivity contribution < 1.29 is 38.2 Å². The first-order chi connectivity index (χ1) is 27.6. The van der Waals surface area contributed by atoms with Gasteiger partial charge in [0.15, 0.2) is 12.1 Å². The van der Waals surface area contributed by atoms with Crippen LogP contribution in [0.15, 0.2) is 72.9 Å². The molecule has 0 rings (SSSR count). The van der Waals surface area contributed by atoms with E-state index in [0.717, 1.165) is 44.9 Å². The summed E-state index contributed by atoms with van der Waals surface area (Å²) in [6.45, 7) is 4.52. The number of carboxylic acid groups (broad SMARTS) is 1. The van der Waals surface area contributed by atoms with Crippen molar-refractivity contribution in [2.24, 2.45) is 0 Å². The van der Waals surface area contributed by atoms with Gasteiger partial charge in [0.05, 0.1) is 34.4 Å². The Balaban J connectivity index is 4.34. The second-order valence-corrected chi connectivity index (χ2v) is 16.0. The highest BCUT2D eigenvalue weighted by molar-refractivity contribution is 5.72. The number of ether oxygens (including phenoxy) is 3. The van der Waals surface area contributed by atoms with Crippen LogP contribution in [0.3, 0.4) is 0 Å². The SMILES string of the molecule is CC/C=C/C=C/C=C/C=C/CCCCCC(=O)OC(COCCC(C(=O)O)[N+](C)(C)C)COC(=O)CCCCCCCCCCCC/C=C/C=C/CCCCCC. The molecule has 0 aliphatic heterocycles. The molecule has 8 nitrogen and oxygen atoms in total. The Morgan fingerprint density at radius 3 is 1.49 bits per heavy atom. The second kappa shape index (κ2) is 39.6. The van der Waals surface area contributed by atoms with Crippen LogP contribution in [0.5, 0.6) is 0 Å². The van der Waals surface area contributed by atoms with Crippen LogP contribution >= 0.6 is 0 Å². The van der Waals surface area contributed by atoms with Crippen LogP contribution in [0, 0.1) is 0 Å². The van der Waals surface area contributed by atoms with Gasteiger partial charge in [0.1, 0.15) is 6.61 Å². The molecule has 326 valence electrons. The van der Waals surface area contributed by atoms with Gasteiger partial charge in [0, 0.05) is 19.3 Å². The molecule has 0 aliphatic rings. The minimum Gasteiger partial charge on any atom is -0.477 e. The van der Waals surface area contributed by atoms with E-state index in [-0.39, 0.29) is 42.7 Å². The largest absolute Gasteiger partial charge is 0.477 e. The van der Waals surface area contributed by atoms with Gasteiger partial charge in [0.2, 0.25) is 0 Å². The van der Waals surface area contributed by atoms with Crippen molar-refractivity contribution in [3.63, 3.8) is 0 Å². The van der Waals surface area contributed by atoms with E-state index in [1.54, 1.807) is 0 Å². The van der Waals surface area contributed by atoms with Gasteiger partial charge in [0.25, 0.3) is 0 Å². The minimum absolute atomic E-state index is 0.0405. The number of unbranched alkanes of at least 4 members (excludes halogenated alkanes) is 17. The Hall–Kier alpha value is -3.23. The van der Waals surface area contributed by atoms with Crippen LogP contribution in [0.4, 0.5) is 0 Å². The molecule has 57 heavy (non-hydrogen) atoms. The van der Waals surface area contributed by atoms with Gasteiger partial charge in [-0.3, -0.25) is 9.59 Å². The number of rotatable bonds is 39. The number of quaternary nitrogens is 1. The Bertz CT molecular complexity index is 1160. The summed E-state index contributed by atoms with van der Waals surface area (Å²) in [5.41, 5.74) is 0. The molecule has 0 heterocycles. The lowest BCUT2D eigenvalue weighted by atomic mass is 10.1. The maximum atomic E-state index is 12.7. The number of hydrogen-bond acceptors (Lipinski definition) is 6. The van der Waals surface area contributed by atoms with E-state index >= 15 is 0 Å². The highest BCUT2D eigenvalue weighted by Gasteiger charge is 2.31. The Labute approximate surface area is 349 Å². The predicted molar refractivity (Wildman–Crippen MR) is 238 cm³/mol. The van der Waals surface area contributed by atoms with Gasteiger partial charge in [-0.1, -0.05) is 164 Å². The lowest BCUT2D eigenvalue weighted by Gasteiger charge is -2.31. The smallest absolute Gasteiger partial charge is 0.362 e. The maximum Gasteiger partial charge on any atom is 0.362 e. The molecule has 0 aromatic carbocycles. The number of hydrogen-bond donors (Lipinski definition) is 1. The number of aliphatic carboxylic acids is 1. The normalized spacial score (nSPS) is 13.6. The summed E-state index contributed by atoms with van der Waals surface area (Å²) < 4.78 is 17.2. The number of carbonyl (C=O) groups excluding carboxylic acids is 2. The molecule has 8 heteroatoms. The molecule has 0 spiro atoms. The molecule has 0 bridgehead atoms. The Morgan fingerprint density at radius 1 is 0.544 bits per heavy atom. The van der Waals surface area contributed by atoms with Crippen LogP contribution in [-0.2, 0) is 28.6 Å². The highest BCUT2D eigenvalue weighted by atomic mass is 16.6. The number of likely N-dealkylation sites (N-methyl/N-ethyl adjacent to an activating group) is 1. The Morgan fingerprint density at radius 2 is 0.982 bits per heavy atom. The summed E-state index contributed by atoms with van der Waals surface area (Å²) in [6, 6.07) is -0.625. The van der Waals surface area contributed by atoms with Gasteiger partial charge in [-0.25, -0.2) is 4.79 Å². The van der Waals surface area contributed by atoms with E-state index in [4.69, 9.17) is 14.2 Å². The monoisotopic (exact) mass is 799 g/mol. The van der Waals surface area contributed by atoms with Crippen LogP contribution in [0.2, 0.25) is 0 Å². The molecule has 1 N–H and O–H groups in total. The standard InChI is InChI=1S/C49H83NO7/c1-6-8-10-12-14-16-18-20-21-22-23-24-25-26-28-29-31-33-35-37-39-47(51)56-44-45(43-55-42-41-46(49(53)54)50(3,4)5)57-48(52)40-38-36-34-32-30-27-19-17-15-13-11-9-7-2/h9,11,13,15-21,27,30,45-46H,6-8,10,12,14,22-26,28-29,31-44H2,1-5H3/p+1/b11-9+,15-13+,18-16+,19-17+,21-20+,30-27+. The summed E-state index contributed by atoms with van der Waals surface area (Å²) >= 11 is 0. The molecule has 0 saturated carbocycles. The molecule has 0 aromatic rings. The summed E-state index contributed by atoms with van der Waals surface area (Å²) in [6.07, 6.45) is 49.5. The average Bonchev–Trinajstić information content (AvgIpc) is 3.17. The van der Waals surface area contributed by atoms with Crippen LogP contribution in [-0.4, -0.2) is 80.6 Å². The van der Waals surface area contributed by atoms with E-state index in [1.807, 2.05) is 57.6 Å². The third-order valence-electron chi connectivity index (χ3n) is 9.71. The number of esters is 2. The van der Waals surface area contributed by atoms with E-state index in [0.29, 0.717) is 19.3 Å². The van der Waals surface area contributed by atoms with E-state index in [1.165, 1.54) is 83.5 Å². The van der Waals surface area contributed by atoms with E-state index < -0.39 is 18.1 Å². The first kappa shape index (κ1) is 53.8. The van der Waals surface area contributed by atoms with E-state index in [2.05, 4.69) is 50.3 Å². The van der Waals surface area contributed by atoms with Crippen LogP contribution in [0.1, 0.15) is 168 Å². The highest BCUT2D eigenvalue weighted by Crippen LogP contribution is 2.14. The predicted octanol–water partition coefficient (Wildman–Crippen LogP) is 12.4. The number of carbonyl (C=O) groups is 3. The first-order valence-corrected chi connectivity index (χ1v) is 22.5. The van der Waals surface area contributed by atoms with Crippen LogP contribution < -0.4 is 0 Å². The fourth-order valence-electron chi connectivity index (χ4n) is 6.21. The average molecular weight is 799 g/mol. The zero-order chi connectivity index (χ0) is 42.1. The molecule has 2 unspecified atom stereocenters. The fourth-order valence-corrected chi connectivity index (χ4v) is 6.21. The van der Waals surface area contributed by atoms with Crippen molar-refractivity contribution in [3.05, 3.63) is 72.9 Å².